The molecule has 0 aliphatic heterocycles. The first-order valence-electron chi connectivity index (χ1n) is 10.3. The van der Waals surface area contributed by atoms with Crippen LogP contribution in [0, 0.1) is 0 Å². The van der Waals surface area contributed by atoms with Gasteiger partial charge in [-0.05, 0) is 60.2 Å². The van der Waals surface area contributed by atoms with E-state index >= 15 is 0 Å². The molecular formula is C23H21Cl2N5O5S. The van der Waals surface area contributed by atoms with E-state index in [1.807, 2.05) is 0 Å². The highest BCUT2D eigenvalue weighted by molar-refractivity contribution is 7.89. The number of halogens is 2. The molecule has 36 heavy (non-hydrogen) atoms. The number of nitrogens with two attached hydrogens (primary N) is 1. The highest BCUT2D eigenvalue weighted by Crippen LogP contribution is 2.27. The number of anilines is 1. The summed E-state index contributed by atoms with van der Waals surface area (Å²) in [7, 11) is -4.21. The van der Waals surface area contributed by atoms with E-state index in [4.69, 9.17) is 29.0 Å². The molecule has 0 aliphatic carbocycles. The predicted molar refractivity (Wildman–Crippen MR) is 138 cm³/mol. The second kappa shape index (κ2) is 12.0. The summed E-state index contributed by atoms with van der Waals surface area (Å²) >= 11 is 12.0. The summed E-state index contributed by atoms with van der Waals surface area (Å²) in [6.45, 7) is 0. The van der Waals surface area contributed by atoms with Gasteiger partial charge in [0, 0.05) is 21.3 Å². The van der Waals surface area contributed by atoms with Crippen molar-refractivity contribution in [2.75, 3.05) is 5.32 Å². The summed E-state index contributed by atoms with van der Waals surface area (Å²) in [6, 6.07) is 15.1. The molecule has 0 heterocycles. The van der Waals surface area contributed by atoms with Gasteiger partial charge in [0.05, 0.1) is 23.0 Å². The maximum atomic E-state index is 13.1. The van der Waals surface area contributed by atoms with Gasteiger partial charge in [0.1, 0.15) is 6.34 Å². The van der Waals surface area contributed by atoms with Crippen molar-refractivity contribution in [3.05, 3.63) is 87.9 Å². The van der Waals surface area contributed by atoms with Gasteiger partial charge in [-0.1, -0.05) is 35.3 Å². The summed E-state index contributed by atoms with van der Waals surface area (Å²) in [5.41, 5.74) is 3.52. The normalized spacial score (nSPS) is 12.3. The molecule has 3 aromatic rings. The zero-order valence-electron chi connectivity index (χ0n) is 18.5. The topological polar surface area (TPSA) is 163 Å². The number of hydrogen-bond donors (Lipinski definition) is 5. The molecule has 3 aromatic carbocycles. The fourth-order valence-corrected chi connectivity index (χ4v) is 5.03. The number of carbonyl (C=O) groups is 2. The summed E-state index contributed by atoms with van der Waals surface area (Å²) in [4.78, 5) is 27.9. The van der Waals surface area contributed by atoms with E-state index in [0.29, 0.717) is 5.69 Å². The zero-order chi connectivity index (χ0) is 26.3. The molecule has 13 heteroatoms. The van der Waals surface area contributed by atoms with Crippen molar-refractivity contribution in [1.29, 1.82) is 0 Å². The third-order valence-electron chi connectivity index (χ3n) is 4.76. The van der Waals surface area contributed by atoms with E-state index in [1.165, 1.54) is 54.9 Å². The van der Waals surface area contributed by atoms with Crippen molar-refractivity contribution in [3.63, 3.8) is 0 Å². The number of benzene rings is 3. The first-order chi connectivity index (χ1) is 17.1. The lowest BCUT2D eigenvalue weighted by atomic mass is 10.1. The number of carboxylic acid groups (broad SMARTS) is 1. The van der Waals surface area contributed by atoms with Crippen LogP contribution >= 0.6 is 23.2 Å². The van der Waals surface area contributed by atoms with Crippen molar-refractivity contribution in [3.8, 4) is 0 Å². The van der Waals surface area contributed by atoms with E-state index in [0.717, 1.165) is 0 Å². The molecule has 0 fully saturated rings. The molecule has 1 amide bonds. The van der Waals surface area contributed by atoms with Crippen molar-refractivity contribution in [2.24, 2.45) is 10.8 Å². The Hall–Kier alpha value is -3.48. The molecule has 0 aliphatic rings. The predicted octanol–water partition coefficient (Wildman–Crippen LogP) is 3.86. The molecule has 3 rings (SSSR count). The summed E-state index contributed by atoms with van der Waals surface area (Å²) in [5, 5.41) is 12.4. The van der Waals surface area contributed by atoms with Gasteiger partial charge < -0.3 is 15.8 Å². The van der Waals surface area contributed by atoms with Gasteiger partial charge in [-0.25, -0.2) is 24.0 Å². The Morgan fingerprint density at radius 2 is 1.72 bits per heavy atom. The maximum Gasteiger partial charge on any atom is 0.305 e. The summed E-state index contributed by atoms with van der Waals surface area (Å²) in [5.74, 6) is 3.43. The molecule has 10 nitrogen and oxygen atoms in total. The average molecular weight is 550 g/mol. The molecule has 0 radical (unpaired) electrons. The minimum atomic E-state index is -4.21. The number of amides is 1. The van der Waals surface area contributed by atoms with Crippen LogP contribution in [0.15, 0.2) is 76.6 Å². The number of carboxylic acids is 1. The average Bonchev–Trinajstić information content (AvgIpc) is 2.81. The van der Waals surface area contributed by atoms with Gasteiger partial charge in [0.15, 0.2) is 0 Å². The van der Waals surface area contributed by atoms with Crippen LogP contribution < -0.4 is 21.3 Å². The van der Waals surface area contributed by atoms with Gasteiger partial charge in [-0.15, -0.1) is 0 Å². The Labute approximate surface area is 217 Å². The number of aliphatic carboxylic acids is 1. The van der Waals surface area contributed by atoms with Gasteiger partial charge in [0.25, 0.3) is 5.91 Å². The largest absolute Gasteiger partial charge is 0.481 e. The Morgan fingerprint density at radius 3 is 2.39 bits per heavy atom. The van der Waals surface area contributed by atoms with Crippen LogP contribution in [0.3, 0.4) is 0 Å². The molecule has 0 bridgehead atoms. The van der Waals surface area contributed by atoms with Crippen LogP contribution in [-0.2, 0) is 14.8 Å². The first kappa shape index (κ1) is 27.1. The molecule has 0 saturated heterocycles. The second-order valence-corrected chi connectivity index (χ2v) is 10.0. The molecule has 0 spiro atoms. The number of rotatable bonds is 10. The van der Waals surface area contributed by atoms with E-state index in [1.54, 1.807) is 18.2 Å². The Balaban J connectivity index is 1.83. The molecule has 1 atom stereocenters. The van der Waals surface area contributed by atoms with Crippen LogP contribution in [0.4, 0.5) is 11.4 Å². The summed E-state index contributed by atoms with van der Waals surface area (Å²) < 4.78 is 28.6. The lowest BCUT2D eigenvalue weighted by Crippen LogP contribution is -2.30. The Bertz CT molecular complexity index is 1400. The summed E-state index contributed by atoms with van der Waals surface area (Å²) in [6.07, 6.45) is 0.706. The molecule has 0 saturated carbocycles. The number of nitrogens with zero attached hydrogens (tertiary/aromatic N) is 1. The van der Waals surface area contributed by atoms with E-state index < -0.39 is 34.4 Å². The number of hydrazine groups is 1. The number of sulfonamides is 1. The van der Waals surface area contributed by atoms with Crippen LogP contribution in [0.5, 0.6) is 0 Å². The fourth-order valence-electron chi connectivity index (χ4n) is 3.22. The molecule has 188 valence electrons. The third kappa shape index (κ3) is 7.51. The number of aliphatic imine (C=N–C) groups is 1. The SMILES string of the molecule is NNC=Nc1cccc(C(=O)Nc2cccc(S(=O)(=O)NC(CC(=O)O)c3cc(Cl)cc(Cl)c3)c2)c1. The second-order valence-electron chi connectivity index (χ2n) is 7.43. The Morgan fingerprint density at radius 1 is 1.03 bits per heavy atom. The lowest BCUT2D eigenvalue weighted by molar-refractivity contribution is -0.137. The maximum absolute atomic E-state index is 13.1. The van der Waals surface area contributed by atoms with E-state index in [9.17, 15) is 23.1 Å². The number of hydrogen-bond acceptors (Lipinski definition) is 6. The number of carbonyl (C=O) groups excluding carboxylic acids is 1. The highest BCUT2D eigenvalue weighted by Gasteiger charge is 2.25. The third-order valence-corrected chi connectivity index (χ3v) is 6.67. The van der Waals surface area contributed by atoms with Gasteiger partial charge in [0.2, 0.25) is 10.0 Å². The number of nitrogens with one attached hydrogen (secondary N) is 3. The van der Waals surface area contributed by atoms with E-state index in [2.05, 4.69) is 20.5 Å². The van der Waals surface area contributed by atoms with Crippen LogP contribution in [0.1, 0.15) is 28.4 Å². The molecule has 6 N–H and O–H groups in total. The Kier molecular flexibility index (Phi) is 9.02. The van der Waals surface area contributed by atoms with Crippen LogP contribution in [-0.4, -0.2) is 31.7 Å². The van der Waals surface area contributed by atoms with Gasteiger partial charge in [-0.3, -0.25) is 9.59 Å². The lowest BCUT2D eigenvalue weighted by Gasteiger charge is -2.18. The molecule has 1 unspecified atom stereocenters. The minimum absolute atomic E-state index is 0.184. The van der Waals surface area contributed by atoms with Crippen LogP contribution in [0.2, 0.25) is 10.0 Å². The molecular weight excluding hydrogens is 529 g/mol. The smallest absolute Gasteiger partial charge is 0.305 e. The van der Waals surface area contributed by atoms with Crippen LogP contribution in [0.25, 0.3) is 0 Å². The fraction of sp³-hybridized carbons (Fsp3) is 0.0870. The zero-order valence-corrected chi connectivity index (χ0v) is 20.8. The first-order valence-corrected chi connectivity index (χ1v) is 12.5. The standard InChI is InChI=1S/C23H21Cl2N5O5S/c24-16-7-15(8-17(25)10-16)21(12-22(31)32)30-36(34,35)20-6-2-5-19(11-20)29-23(33)14-3-1-4-18(9-14)27-13-28-26/h1-11,13,21,30H,12,26H2,(H,27,28)(H,29,33)(H,31,32). The quantitative estimate of drug-likeness (QED) is 0.111. The van der Waals surface area contributed by atoms with Crippen molar-refractivity contribution in [2.45, 2.75) is 17.4 Å². The highest BCUT2D eigenvalue weighted by atomic mass is 35.5. The minimum Gasteiger partial charge on any atom is -0.481 e. The van der Waals surface area contributed by atoms with Crippen molar-refractivity contribution in [1.82, 2.24) is 10.1 Å². The molecule has 0 aromatic heterocycles. The van der Waals surface area contributed by atoms with Crippen molar-refractivity contribution >= 4 is 62.8 Å². The van der Waals surface area contributed by atoms with Crippen molar-refractivity contribution < 1.29 is 23.1 Å². The van der Waals surface area contributed by atoms with Gasteiger partial charge >= 0.3 is 5.97 Å². The monoisotopic (exact) mass is 549 g/mol. The van der Waals surface area contributed by atoms with E-state index in [-0.39, 0.29) is 31.8 Å². The van der Waals surface area contributed by atoms with Gasteiger partial charge in [-0.2, -0.15) is 0 Å².